The Labute approximate surface area is 127 Å². The molecule has 0 aromatic heterocycles. The zero-order valence-electron chi connectivity index (χ0n) is 13.1. The highest BCUT2D eigenvalue weighted by Gasteiger charge is 2.41. The lowest BCUT2D eigenvalue weighted by atomic mass is 9.98. The second-order valence-corrected chi connectivity index (χ2v) is 7.80. The van der Waals surface area contributed by atoms with Gasteiger partial charge in [0.2, 0.25) is 0 Å². The number of hydrogen-bond acceptors (Lipinski definition) is 3. The summed E-state index contributed by atoms with van der Waals surface area (Å²) in [5.41, 5.74) is 8.92. The van der Waals surface area contributed by atoms with Gasteiger partial charge < -0.3 is 10.5 Å². The van der Waals surface area contributed by atoms with Crippen molar-refractivity contribution in [3.05, 3.63) is 29.3 Å². The predicted octanol–water partition coefficient (Wildman–Crippen LogP) is 2.57. The fourth-order valence-corrected chi connectivity index (χ4v) is 4.57. The first kappa shape index (κ1) is 13.6. The normalized spacial score (nSPS) is 33.8. The number of nitrogens with two attached hydrogens (primary N) is 1. The van der Waals surface area contributed by atoms with Crippen LogP contribution in [0.1, 0.15) is 37.8 Å². The summed E-state index contributed by atoms with van der Waals surface area (Å²) >= 11 is 0. The van der Waals surface area contributed by atoms with Crippen LogP contribution in [0.25, 0.3) is 0 Å². The van der Waals surface area contributed by atoms with Crippen molar-refractivity contribution in [2.45, 2.75) is 51.3 Å². The molecule has 3 atom stereocenters. The molecule has 2 fully saturated rings. The summed E-state index contributed by atoms with van der Waals surface area (Å²) in [5, 5.41) is 0. The molecule has 2 N–H and O–H groups in total. The Morgan fingerprint density at radius 2 is 2.14 bits per heavy atom. The maximum atomic E-state index is 6.25. The van der Waals surface area contributed by atoms with Crippen molar-refractivity contribution in [1.82, 2.24) is 4.90 Å². The topological polar surface area (TPSA) is 38.5 Å². The number of nitrogens with zero attached hydrogens (tertiary/aromatic N) is 1. The standard InChI is InChI=1S/C18H26N2O/c1-18(2)8-12-4-3-5-14(17(12)21-18)10-20-9-13-6-7-16(19)15(13)11-20/h3-5,13,15-16H,6-11,19H2,1-2H3. The second kappa shape index (κ2) is 4.72. The Hall–Kier alpha value is -1.06. The van der Waals surface area contributed by atoms with E-state index in [1.54, 1.807) is 0 Å². The molecule has 1 aliphatic carbocycles. The molecule has 1 aromatic carbocycles. The van der Waals surface area contributed by atoms with Crippen LogP contribution in [0.5, 0.6) is 5.75 Å². The molecule has 2 heterocycles. The van der Waals surface area contributed by atoms with Crippen molar-refractivity contribution in [3.8, 4) is 5.75 Å². The first-order chi connectivity index (χ1) is 10.0. The van der Waals surface area contributed by atoms with Crippen molar-refractivity contribution in [3.63, 3.8) is 0 Å². The van der Waals surface area contributed by atoms with Gasteiger partial charge in [-0.3, -0.25) is 4.90 Å². The summed E-state index contributed by atoms with van der Waals surface area (Å²) in [6.45, 7) is 7.75. The zero-order chi connectivity index (χ0) is 14.6. The average molecular weight is 286 g/mol. The largest absolute Gasteiger partial charge is 0.487 e. The van der Waals surface area contributed by atoms with E-state index in [0.29, 0.717) is 6.04 Å². The Bertz CT molecular complexity index is 554. The van der Waals surface area contributed by atoms with Gasteiger partial charge in [0.1, 0.15) is 11.4 Å². The number of benzene rings is 1. The van der Waals surface area contributed by atoms with Crippen molar-refractivity contribution < 1.29 is 4.74 Å². The van der Waals surface area contributed by atoms with E-state index in [9.17, 15) is 0 Å². The minimum Gasteiger partial charge on any atom is -0.487 e. The maximum Gasteiger partial charge on any atom is 0.127 e. The summed E-state index contributed by atoms with van der Waals surface area (Å²) in [6, 6.07) is 7.05. The highest BCUT2D eigenvalue weighted by molar-refractivity contribution is 5.45. The summed E-state index contributed by atoms with van der Waals surface area (Å²) in [6.07, 6.45) is 3.56. The van der Waals surface area contributed by atoms with Crippen LogP contribution in [-0.4, -0.2) is 29.6 Å². The quantitative estimate of drug-likeness (QED) is 0.908. The molecule has 3 unspecified atom stereocenters. The molecule has 1 saturated heterocycles. The monoisotopic (exact) mass is 286 g/mol. The third-order valence-electron chi connectivity index (χ3n) is 5.55. The molecule has 0 bridgehead atoms. The van der Waals surface area contributed by atoms with Crippen LogP contribution in [0.15, 0.2) is 18.2 Å². The maximum absolute atomic E-state index is 6.25. The van der Waals surface area contributed by atoms with Crippen LogP contribution in [0.3, 0.4) is 0 Å². The Kier molecular flexibility index (Phi) is 3.05. The van der Waals surface area contributed by atoms with Crippen LogP contribution in [0, 0.1) is 11.8 Å². The number of hydrogen-bond donors (Lipinski definition) is 1. The number of fused-ring (bicyclic) bond motifs is 2. The third-order valence-corrected chi connectivity index (χ3v) is 5.55. The summed E-state index contributed by atoms with van der Waals surface area (Å²) in [5.74, 6) is 2.69. The number of ether oxygens (including phenoxy) is 1. The van der Waals surface area contributed by atoms with Gasteiger partial charge in [0.05, 0.1) is 0 Å². The molecule has 3 heteroatoms. The third kappa shape index (κ3) is 2.36. The lowest BCUT2D eigenvalue weighted by Gasteiger charge is -2.21. The van der Waals surface area contributed by atoms with Gasteiger partial charge in [-0.2, -0.15) is 0 Å². The zero-order valence-corrected chi connectivity index (χ0v) is 13.1. The molecule has 21 heavy (non-hydrogen) atoms. The van der Waals surface area contributed by atoms with Crippen molar-refractivity contribution in [2.75, 3.05) is 13.1 Å². The molecule has 0 radical (unpaired) electrons. The molecule has 0 amide bonds. The molecule has 114 valence electrons. The lowest BCUT2D eigenvalue weighted by Crippen LogP contribution is -2.30. The number of rotatable bonds is 2. The van der Waals surface area contributed by atoms with E-state index < -0.39 is 0 Å². The first-order valence-corrected chi connectivity index (χ1v) is 8.29. The van der Waals surface area contributed by atoms with Gasteiger partial charge >= 0.3 is 0 Å². The van der Waals surface area contributed by atoms with Crippen LogP contribution >= 0.6 is 0 Å². The SMILES string of the molecule is CC1(C)Cc2cccc(CN3CC4CCC(N)C4C3)c2O1. The molecule has 3 nitrogen and oxygen atoms in total. The van der Waals surface area contributed by atoms with Gasteiger partial charge in [-0.05, 0) is 44.1 Å². The Morgan fingerprint density at radius 3 is 2.95 bits per heavy atom. The highest BCUT2D eigenvalue weighted by atomic mass is 16.5. The highest BCUT2D eigenvalue weighted by Crippen LogP contribution is 2.41. The summed E-state index contributed by atoms with van der Waals surface area (Å²) < 4.78 is 6.20. The molecule has 2 aliphatic heterocycles. The molecule has 0 spiro atoms. The van der Waals surface area contributed by atoms with E-state index in [0.717, 1.165) is 30.6 Å². The van der Waals surface area contributed by atoms with Gasteiger partial charge in [0.25, 0.3) is 0 Å². The van der Waals surface area contributed by atoms with E-state index >= 15 is 0 Å². The van der Waals surface area contributed by atoms with Gasteiger partial charge in [0.15, 0.2) is 0 Å². The van der Waals surface area contributed by atoms with Crippen molar-refractivity contribution >= 4 is 0 Å². The Balaban J connectivity index is 1.51. The molecular formula is C18H26N2O. The van der Waals surface area contributed by atoms with Gasteiger partial charge in [0, 0.05) is 37.7 Å². The molecule has 3 aliphatic rings. The molecule has 1 aromatic rings. The fourth-order valence-electron chi connectivity index (χ4n) is 4.57. The summed E-state index contributed by atoms with van der Waals surface area (Å²) in [4.78, 5) is 2.58. The first-order valence-electron chi connectivity index (χ1n) is 8.29. The molecular weight excluding hydrogens is 260 g/mol. The number of likely N-dealkylation sites (tertiary alicyclic amines) is 1. The minimum absolute atomic E-state index is 0.0533. The van der Waals surface area contributed by atoms with Gasteiger partial charge in [-0.1, -0.05) is 18.2 Å². The second-order valence-electron chi connectivity index (χ2n) is 7.80. The predicted molar refractivity (Wildman–Crippen MR) is 84.3 cm³/mol. The molecule has 1 saturated carbocycles. The van der Waals surface area contributed by atoms with E-state index in [1.165, 1.54) is 37.1 Å². The van der Waals surface area contributed by atoms with Crippen molar-refractivity contribution in [1.29, 1.82) is 0 Å². The van der Waals surface area contributed by atoms with Crippen LogP contribution in [0.2, 0.25) is 0 Å². The minimum atomic E-state index is -0.0533. The average Bonchev–Trinajstić information content (AvgIpc) is 3.04. The van der Waals surface area contributed by atoms with E-state index in [4.69, 9.17) is 10.5 Å². The van der Waals surface area contributed by atoms with E-state index in [1.807, 2.05) is 0 Å². The van der Waals surface area contributed by atoms with Gasteiger partial charge in [-0.25, -0.2) is 0 Å². The number of para-hydroxylation sites is 1. The lowest BCUT2D eigenvalue weighted by molar-refractivity contribution is 0.135. The van der Waals surface area contributed by atoms with Crippen LogP contribution in [0.4, 0.5) is 0 Å². The smallest absolute Gasteiger partial charge is 0.127 e. The van der Waals surface area contributed by atoms with E-state index in [-0.39, 0.29) is 5.60 Å². The van der Waals surface area contributed by atoms with Crippen LogP contribution < -0.4 is 10.5 Å². The Morgan fingerprint density at radius 1 is 1.29 bits per heavy atom. The van der Waals surface area contributed by atoms with E-state index in [2.05, 4.69) is 36.9 Å². The van der Waals surface area contributed by atoms with Crippen LogP contribution in [-0.2, 0) is 13.0 Å². The summed E-state index contributed by atoms with van der Waals surface area (Å²) in [7, 11) is 0. The fraction of sp³-hybridized carbons (Fsp3) is 0.667. The van der Waals surface area contributed by atoms with Crippen molar-refractivity contribution in [2.24, 2.45) is 17.6 Å². The molecule has 4 rings (SSSR count). The van der Waals surface area contributed by atoms with Gasteiger partial charge in [-0.15, -0.1) is 0 Å².